The van der Waals surface area contributed by atoms with E-state index in [1.165, 1.54) is 6.92 Å². The van der Waals surface area contributed by atoms with E-state index in [-0.39, 0.29) is 25.2 Å². The van der Waals surface area contributed by atoms with Crippen molar-refractivity contribution in [1.29, 1.82) is 0 Å². The lowest BCUT2D eigenvalue weighted by atomic mass is 9.87. The zero-order chi connectivity index (χ0) is 15.8. The molecule has 1 rings (SSSR count). The molecule has 7 heteroatoms. The summed E-state index contributed by atoms with van der Waals surface area (Å²) in [4.78, 5) is 33.4. The number of rotatable bonds is 6. The maximum atomic E-state index is 11.5. The van der Waals surface area contributed by atoms with E-state index in [9.17, 15) is 14.4 Å². The van der Waals surface area contributed by atoms with Crippen LogP contribution in [0.4, 0.5) is 4.79 Å². The number of esters is 1. The third kappa shape index (κ3) is 6.29. The second-order valence-electron chi connectivity index (χ2n) is 5.06. The lowest BCUT2D eigenvalue weighted by Gasteiger charge is -2.25. The molecule has 1 saturated carbocycles. The lowest BCUT2D eigenvalue weighted by molar-refractivity contribution is -0.143. The van der Waals surface area contributed by atoms with Gasteiger partial charge in [-0.25, -0.2) is 9.59 Å². The fraction of sp³-hybridized carbons (Fsp3) is 0.643. The van der Waals surface area contributed by atoms with Gasteiger partial charge >= 0.3 is 18.0 Å². The van der Waals surface area contributed by atoms with Crippen molar-refractivity contribution in [3.63, 3.8) is 0 Å². The third-order valence-electron chi connectivity index (χ3n) is 3.25. The number of aliphatic carboxylic acids is 1. The van der Waals surface area contributed by atoms with E-state index in [4.69, 9.17) is 14.6 Å². The van der Waals surface area contributed by atoms with Gasteiger partial charge in [-0.05, 0) is 32.6 Å². The van der Waals surface area contributed by atoms with Crippen LogP contribution >= 0.6 is 0 Å². The van der Waals surface area contributed by atoms with E-state index in [2.05, 4.69) is 11.9 Å². The third-order valence-corrected chi connectivity index (χ3v) is 3.25. The molecule has 1 aliphatic carbocycles. The zero-order valence-electron chi connectivity index (χ0n) is 12.1. The van der Waals surface area contributed by atoms with Crippen molar-refractivity contribution >= 4 is 18.0 Å². The number of hydrogen-bond donors (Lipinski definition) is 2. The van der Waals surface area contributed by atoms with Gasteiger partial charge in [0.15, 0.2) is 0 Å². The van der Waals surface area contributed by atoms with Crippen LogP contribution in [0.2, 0.25) is 0 Å². The summed E-state index contributed by atoms with van der Waals surface area (Å²) in [6.45, 7) is 5.18. The largest absolute Gasteiger partial charge is 0.481 e. The summed E-state index contributed by atoms with van der Waals surface area (Å²) < 4.78 is 9.98. The van der Waals surface area contributed by atoms with Gasteiger partial charge in [0.1, 0.15) is 12.7 Å². The van der Waals surface area contributed by atoms with Crippen LogP contribution in [-0.4, -0.2) is 42.4 Å². The standard InChI is InChI=1S/C14H21NO6/c1-9(2)13(18)20-8-7-15-14(19)21-11-5-3-10(4-6-11)12(16)17/h10-11H,1,3-8H2,2H3,(H,15,19)(H,16,17). The van der Waals surface area contributed by atoms with Gasteiger partial charge in [0.25, 0.3) is 0 Å². The number of nitrogens with one attached hydrogen (secondary N) is 1. The molecule has 1 fully saturated rings. The molecular formula is C14H21NO6. The van der Waals surface area contributed by atoms with Crippen LogP contribution in [0.3, 0.4) is 0 Å². The van der Waals surface area contributed by atoms with Crippen LogP contribution in [0.1, 0.15) is 32.6 Å². The number of carboxylic acids is 1. The molecule has 118 valence electrons. The van der Waals surface area contributed by atoms with E-state index >= 15 is 0 Å². The molecule has 0 saturated heterocycles. The Morgan fingerprint density at radius 1 is 1.24 bits per heavy atom. The first kappa shape index (κ1) is 17.0. The van der Waals surface area contributed by atoms with Crippen molar-refractivity contribution in [3.05, 3.63) is 12.2 Å². The lowest BCUT2D eigenvalue weighted by Crippen LogP contribution is -2.34. The Bertz CT molecular complexity index is 412. The quantitative estimate of drug-likeness (QED) is 0.437. The molecular weight excluding hydrogens is 278 g/mol. The summed E-state index contributed by atoms with van der Waals surface area (Å²) in [5.74, 6) is -1.64. The van der Waals surface area contributed by atoms with Gasteiger partial charge in [0, 0.05) is 5.57 Å². The second-order valence-corrected chi connectivity index (χ2v) is 5.06. The molecule has 0 aromatic rings. The predicted molar refractivity (Wildman–Crippen MR) is 73.6 cm³/mol. The fourth-order valence-electron chi connectivity index (χ4n) is 2.04. The highest BCUT2D eigenvalue weighted by Crippen LogP contribution is 2.26. The van der Waals surface area contributed by atoms with E-state index in [0.717, 1.165) is 0 Å². The van der Waals surface area contributed by atoms with E-state index < -0.39 is 18.0 Å². The van der Waals surface area contributed by atoms with Crippen LogP contribution < -0.4 is 5.32 Å². The predicted octanol–water partition coefficient (Wildman–Crippen LogP) is 1.48. The number of amides is 1. The molecule has 0 bridgehead atoms. The Labute approximate surface area is 123 Å². The minimum atomic E-state index is -0.794. The van der Waals surface area contributed by atoms with Gasteiger partial charge in [0.05, 0.1) is 12.5 Å². The van der Waals surface area contributed by atoms with Crippen molar-refractivity contribution in [2.45, 2.75) is 38.7 Å². The molecule has 0 aliphatic heterocycles. The monoisotopic (exact) mass is 299 g/mol. The normalized spacial score (nSPS) is 21.2. The molecule has 0 atom stereocenters. The van der Waals surface area contributed by atoms with E-state index in [1.807, 2.05) is 0 Å². The number of carbonyl (C=O) groups excluding carboxylic acids is 2. The molecule has 0 aromatic carbocycles. The highest BCUT2D eigenvalue weighted by atomic mass is 16.6. The highest BCUT2D eigenvalue weighted by Gasteiger charge is 2.27. The molecule has 0 radical (unpaired) electrons. The molecule has 2 N–H and O–H groups in total. The molecule has 0 spiro atoms. The van der Waals surface area contributed by atoms with Crippen LogP contribution in [-0.2, 0) is 19.1 Å². The van der Waals surface area contributed by atoms with Crippen molar-refractivity contribution in [2.75, 3.05) is 13.2 Å². The Morgan fingerprint density at radius 3 is 2.38 bits per heavy atom. The van der Waals surface area contributed by atoms with Gasteiger partial charge in [-0.3, -0.25) is 4.79 Å². The summed E-state index contributed by atoms with van der Waals surface area (Å²) in [6.07, 6.45) is 1.30. The molecule has 0 unspecified atom stereocenters. The smallest absolute Gasteiger partial charge is 0.407 e. The van der Waals surface area contributed by atoms with Gasteiger partial charge in [-0.2, -0.15) is 0 Å². The molecule has 0 heterocycles. The second kappa shape index (κ2) is 8.28. The van der Waals surface area contributed by atoms with E-state index in [1.54, 1.807) is 0 Å². The van der Waals surface area contributed by atoms with Crippen LogP contribution in [0, 0.1) is 5.92 Å². The summed E-state index contributed by atoms with van der Waals surface area (Å²) in [5, 5.41) is 11.3. The topological polar surface area (TPSA) is 102 Å². The molecule has 1 amide bonds. The van der Waals surface area contributed by atoms with Crippen LogP contribution in [0.5, 0.6) is 0 Å². The summed E-state index contributed by atoms with van der Waals surface area (Å²) >= 11 is 0. The number of alkyl carbamates (subject to hydrolysis) is 1. The number of ether oxygens (including phenoxy) is 2. The van der Waals surface area contributed by atoms with Crippen molar-refractivity contribution < 1.29 is 29.0 Å². The van der Waals surface area contributed by atoms with E-state index in [0.29, 0.717) is 31.3 Å². The Hall–Kier alpha value is -2.05. The summed E-state index contributed by atoms with van der Waals surface area (Å²) in [6, 6.07) is 0. The Kier molecular flexibility index (Phi) is 6.71. The van der Waals surface area contributed by atoms with Gasteiger partial charge in [0.2, 0.25) is 0 Å². The molecule has 1 aliphatic rings. The van der Waals surface area contributed by atoms with Gasteiger partial charge < -0.3 is 19.9 Å². The van der Waals surface area contributed by atoms with Crippen molar-refractivity contribution in [1.82, 2.24) is 5.32 Å². The Balaban J connectivity index is 2.13. The highest BCUT2D eigenvalue weighted by molar-refractivity contribution is 5.86. The molecule has 0 aromatic heterocycles. The SMILES string of the molecule is C=C(C)C(=O)OCCNC(=O)OC1CCC(C(=O)O)CC1. The summed E-state index contributed by atoms with van der Waals surface area (Å²) in [5.41, 5.74) is 0.299. The average Bonchev–Trinajstić information content (AvgIpc) is 2.43. The first-order valence-electron chi connectivity index (χ1n) is 6.90. The maximum absolute atomic E-state index is 11.5. The minimum absolute atomic E-state index is 0.0482. The first-order valence-corrected chi connectivity index (χ1v) is 6.90. The number of carboxylic acid groups (broad SMARTS) is 1. The van der Waals surface area contributed by atoms with Crippen molar-refractivity contribution in [3.8, 4) is 0 Å². The molecule has 21 heavy (non-hydrogen) atoms. The van der Waals surface area contributed by atoms with Gasteiger partial charge in [-0.1, -0.05) is 6.58 Å². The Morgan fingerprint density at radius 2 is 1.86 bits per heavy atom. The number of hydrogen-bond acceptors (Lipinski definition) is 5. The number of carbonyl (C=O) groups is 3. The molecule has 7 nitrogen and oxygen atoms in total. The van der Waals surface area contributed by atoms with Crippen LogP contribution in [0.25, 0.3) is 0 Å². The minimum Gasteiger partial charge on any atom is -0.481 e. The van der Waals surface area contributed by atoms with Crippen LogP contribution in [0.15, 0.2) is 12.2 Å². The summed E-state index contributed by atoms with van der Waals surface area (Å²) in [7, 11) is 0. The zero-order valence-corrected chi connectivity index (χ0v) is 12.1. The van der Waals surface area contributed by atoms with Gasteiger partial charge in [-0.15, -0.1) is 0 Å². The fourth-order valence-corrected chi connectivity index (χ4v) is 2.04. The maximum Gasteiger partial charge on any atom is 0.407 e. The average molecular weight is 299 g/mol. The first-order chi connectivity index (χ1) is 9.90. The van der Waals surface area contributed by atoms with Crippen molar-refractivity contribution in [2.24, 2.45) is 5.92 Å².